The average molecular weight is 435 g/mol. The highest BCUT2D eigenvalue weighted by Crippen LogP contribution is 2.30. The lowest BCUT2D eigenvalue weighted by atomic mass is 10.1. The molecule has 3 rings (SSSR count). The van der Waals surface area contributed by atoms with Gasteiger partial charge in [0.25, 0.3) is 0 Å². The van der Waals surface area contributed by atoms with Crippen LogP contribution in [-0.4, -0.2) is 44.6 Å². The standard InChI is InChI=1S/C21H26N2O4S2/c1-16-7-3-4-8-17(16)14-28-15-21(24)22-19-13-18(9-10-20(19)27-2)29(25,26)23-11-5-6-12-23/h3-4,7-10,13H,5-6,11-12,14-15H2,1-2H3,(H,22,24). The van der Waals surface area contributed by atoms with E-state index in [0.717, 1.165) is 18.6 Å². The Morgan fingerprint density at radius 3 is 2.59 bits per heavy atom. The van der Waals surface area contributed by atoms with E-state index in [0.29, 0.717) is 24.5 Å². The SMILES string of the molecule is COc1ccc(S(=O)(=O)N2CCCC2)cc1NC(=O)CSCc1ccccc1C. The van der Waals surface area contributed by atoms with Crippen molar-refractivity contribution in [2.24, 2.45) is 0 Å². The molecule has 156 valence electrons. The van der Waals surface area contributed by atoms with E-state index in [1.807, 2.05) is 25.1 Å². The minimum absolute atomic E-state index is 0.170. The van der Waals surface area contributed by atoms with Crippen LogP contribution in [0.4, 0.5) is 5.69 Å². The molecule has 2 aromatic carbocycles. The lowest BCUT2D eigenvalue weighted by Crippen LogP contribution is -2.28. The summed E-state index contributed by atoms with van der Waals surface area (Å²) in [6, 6.07) is 12.7. The zero-order valence-electron chi connectivity index (χ0n) is 16.7. The van der Waals surface area contributed by atoms with Crippen LogP contribution in [0.3, 0.4) is 0 Å². The first kappa shape index (κ1) is 21.7. The Kier molecular flexibility index (Phi) is 7.21. The molecule has 0 bridgehead atoms. The topological polar surface area (TPSA) is 75.7 Å². The number of hydrogen-bond donors (Lipinski definition) is 1. The van der Waals surface area contributed by atoms with Gasteiger partial charge in [-0.15, -0.1) is 11.8 Å². The van der Waals surface area contributed by atoms with E-state index in [2.05, 4.69) is 11.4 Å². The van der Waals surface area contributed by atoms with Crippen molar-refractivity contribution in [2.75, 3.05) is 31.3 Å². The van der Waals surface area contributed by atoms with Crippen molar-refractivity contribution in [2.45, 2.75) is 30.4 Å². The summed E-state index contributed by atoms with van der Waals surface area (Å²) in [4.78, 5) is 12.6. The van der Waals surface area contributed by atoms with E-state index < -0.39 is 10.0 Å². The molecule has 2 aromatic rings. The van der Waals surface area contributed by atoms with Crippen LogP contribution in [0.2, 0.25) is 0 Å². The highest BCUT2D eigenvalue weighted by molar-refractivity contribution is 7.99. The number of benzene rings is 2. The van der Waals surface area contributed by atoms with Crippen molar-refractivity contribution in [3.05, 3.63) is 53.6 Å². The van der Waals surface area contributed by atoms with Gasteiger partial charge in [0.05, 0.1) is 23.4 Å². The molecule has 0 aliphatic carbocycles. The Labute approximate surface area is 176 Å². The van der Waals surface area contributed by atoms with Crippen LogP contribution in [0.1, 0.15) is 24.0 Å². The van der Waals surface area contributed by atoms with Gasteiger partial charge in [-0.2, -0.15) is 4.31 Å². The molecule has 1 aliphatic rings. The third-order valence-electron chi connectivity index (χ3n) is 4.90. The second kappa shape index (κ2) is 9.65. The first-order valence-corrected chi connectivity index (χ1v) is 12.1. The maximum absolute atomic E-state index is 12.8. The summed E-state index contributed by atoms with van der Waals surface area (Å²) < 4.78 is 32.4. The van der Waals surface area contributed by atoms with Gasteiger partial charge in [0.15, 0.2) is 0 Å². The molecule has 29 heavy (non-hydrogen) atoms. The quantitative estimate of drug-likeness (QED) is 0.686. The van der Waals surface area contributed by atoms with Crippen molar-refractivity contribution in [1.29, 1.82) is 0 Å². The number of ether oxygens (including phenoxy) is 1. The second-order valence-corrected chi connectivity index (χ2v) is 9.86. The van der Waals surface area contributed by atoms with Crippen molar-refractivity contribution in [3.8, 4) is 5.75 Å². The number of anilines is 1. The third kappa shape index (κ3) is 5.32. The summed E-state index contributed by atoms with van der Waals surface area (Å²) in [6.45, 7) is 3.12. The van der Waals surface area contributed by atoms with Gasteiger partial charge in [-0.05, 0) is 49.1 Å². The number of sulfonamides is 1. The first-order chi connectivity index (χ1) is 13.9. The summed E-state index contributed by atoms with van der Waals surface area (Å²) in [5.74, 6) is 1.24. The van der Waals surface area contributed by atoms with Crippen LogP contribution in [-0.2, 0) is 20.6 Å². The molecule has 0 atom stereocenters. The Morgan fingerprint density at radius 2 is 1.90 bits per heavy atom. The Bertz CT molecular complexity index is 970. The van der Waals surface area contributed by atoms with Crippen LogP contribution in [0.5, 0.6) is 5.75 Å². The lowest BCUT2D eigenvalue weighted by Gasteiger charge is -2.17. The van der Waals surface area contributed by atoms with E-state index in [1.165, 1.54) is 46.4 Å². The number of carbonyl (C=O) groups excluding carboxylic acids is 1. The van der Waals surface area contributed by atoms with Crippen molar-refractivity contribution >= 4 is 33.4 Å². The van der Waals surface area contributed by atoms with E-state index in [9.17, 15) is 13.2 Å². The molecule has 8 heteroatoms. The number of methoxy groups -OCH3 is 1. The van der Waals surface area contributed by atoms with Gasteiger partial charge < -0.3 is 10.1 Å². The molecular formula is C21H26N2O4S2. The molecule has 0 saturated carbocycles. The Balaban J connectivity index is 1.67. The van der Waals surface area contributed by atoms with Gasteiger partial charge >= 0.3 is 0 Å². The molecule has 1 aliphatic heterocycles. The normalized spacial score (nSPS) is 14.7. The number of rotatable bonds is 8. The molecular weight excluding hydrogens is 408 g/mol. The van der Waals surface area contributed by atoms with Crippen molar-refractivity contribution in [3.63, 3.8) is 0 Å². The van der Waals surface area contributed by atoms with Crippen LogP contribution in [0.15, 0.2) is 47.4 Å². The van der Waals surface area contributed by atoms with E-state index >= 15 is 0 Å². The molecule has 0 unspecified atom stereocenters. The minimum Gasteiger partial charge on any atom is -0.495 e. The van der Waals surface area contributed by atoms with E-state index in [4.69, 9.17) is 4.74 Å². The molecule has 1 fully saturated rings. The van der Waals surface area contributed by atoms with Gasteiger partial charge in [-0.25, -0.2) is 8.42 Å². The van der Waals surface area contributed by atoms with Crippen LogP contribution >= 0.6 is 11.8 Å². The second-order valence-electron chi connectivity index (χ2n) is 6.94. The van der Waals surface area contributed by atoms with Crippen molar-refractivity contribution in [1.82, 2.24) is 4.31 Å². The number of nitrogens with zero attached hydrogens (tertiary/aromatic N) is 1. The zero-order valence-corrected chi connectivity index (χ0v) is 18.3. The van der Waals surface area contributed by atoms with Crippen molar-refractivity contribution < 1.29 is 17.9 Å². The predicted octanol–water partition coefficient (Wildman–Crippen LogP) is 3.66. The largest absolute Gasteiger partial charge is 0.495 e. The first-order valence-electron chi connectivity index (χ1n) is 9.52. The van der Waals surface area contributed by atoms with E-state index in [1.54, 1.807) is 6.07 Å². The number of carbonyl (C=O) groups is 1. The fourth-order valence-corrected chi connectivity index (χ4v) is 5.68. The number of nitrogens with one attached hydrogen (secondary N) is 1. The number of thioether (sulfide) groups is 1. The molecule has 0 aromatic heterocycles. The highest BCUT2D eigenvalue weighted by Gasteiger charge is 2.28. The molecule has 1 saturated heterocycles. The number of hydrogen-bond acceptors (Lipinski definition) is 5. The predicted molar refractivity (Wildman–Crippen MR) is 117 cm³/mol. The van der Waals surface area contributed by atoms with Crippen LogP contribution in [0, 0.1) is 6.92 Å². The molecule has 0 spiro atoms. The average Bonchev–Trinajstić information content (AvgIpc) is 3.25. The Hall–Kier alpha value is -2.03. The highest BCUT2D eigenvalue weighted by atomic mass is 32.2. The van der Waals surface area contributed by atoms with Gasteiger partial charge in [0, 0.05) is 18.8 Å². The van der Waals surface area contributed by atoms with Gasteiger partial charge in [-0.3, -0.25) is 4.79 Å². The van der Waals surface area contributed by atoms with E-state index in [-0.39, 0.29) is 16.6 Å². The number of aryl methyl sites for hydroxylation is 1. The summed E-state index contributed by atoms with van der Waals surface area (Å²) in [6.07, 6.45) is 1.74. The summed E-state index contributed by atoms with van der Waals surface area (Å²) in [5, 5.41) is 2.80. The maximum Gasteiger partial charge on any atom is 0.243 e. The monoisotopic (exact) mass is 434 g/mol. The van der Waals surface area contributed by atoms with Crippen LogP contribution < -0.4 is 10.1 Å². The van der Waals surface area contributed by atoms with Gasteiger partial charge in [0.2, 0.25) is 15.9 Å². The summed E-state index contributed by atoms with van der Waals surface area (Å²) >= 11 is 1.51. The number of amides is 1. The maximum atomic E-state index is 12.8. The smallest absolute Gasteiger partial charge is 0.243 e. The minimum atomic E-state index is -3.56. The fraction of sp³-hybridized carbons (Fsp3) is 0.381. The van der Waals surface area contributed by atoms with Gasteiger partial charge in [0.1, 0.15) is 5.75 Å². The molecule has 1 heterocycles. The summed E-state index contributed by atoms with van der Waals surface area (Å²) in [5.41, 5.74) is 2.76. The molecule has 6 nitrogen and oxygen atoms in total. The summed E-state index contributed by atoms with van der Waals surface area (Å²) in [7, 11) is -2.07. The lowest BCUT2D eigenvalue weighted by molar-refractivity contribution is -0.113. The fourth-order valence-electron chi connectivity index (χ4n) is 3.23. The molecule has 1 N–H and O–H groups in total. The Morgan fingerprint density at radius 1 is 1.17 bits per heavy atom. The van der Waals surface area contributed by atoms with Gasteiger partial charge in [-0.1, -0.05) is 24.3 Å². The molecule has 1 amide bonds. The zero-order chi connectivity index (χ0) is 20.9. The third-order valence-corrected chi connectivity index (χ3v) is 7.78. The van der Waals surface area contributed by atoms with Crippen LogP contribution in [0.25, 0.3) is 0 Å². The molecule has 0 radical (unpaired) electrons.